The molecule has 1 atom stereocenters. The summed E-state index contributed by atoms with van der Waals surface area (Å²) in [6.45, 7) is 5.67. The second-order valence-corrected chi connectivity index (χ2v) is 8.40. The minimum absolute atomic E-state index is 0. The van der Waals surface area contributed by atoms with Gasteiger partial charge in [0.05, 0.1) is 16.5 Å². The van der Waals surface area contributed by atoms with Gasteiger partial charge in [-0.25, -0.2) is 9.97 Å². The van der Waals surface area contributed by atoms with Gasteiger partial charge in [0, 0.05) is 38.5 Å². The lowest BCUT2D eigenvalue weighted by atomic mass is 10.2. The number of aliphatic hydroxyl groups is 1. The first kappa shape index (κ1) is 24.5. The van der Waals surface area contributed by atoms with E-state index in [4.69, 9.17) is 15.6 Å². The molecule has 0 saturated carbocycles. The highest BCUT2D eigenvalue weighted by Crippen LogP contribution is 2.18. The van der Waals surface area contributed by atoms with Gasteiger partial charge in [-0.2, -0.15) is 4.57 Å². The molecule has 3 heterocycles. The number of anilines is 1. The van der Waals surface area contributed by atoms with Crippen LogP contribution in [0.3, 0.4) is 0 Å². The van der Waals surface area contributed by atoms with Crippen LogP contribution in [-0.2, 0) is 17.7 Å². The molecule has 3 rings (SSSR count). The number of thiazole rings is 1. The number of thiol groups is 1. The van der Waals surface area contributed by atoms with Gasteiger partial charge in [-0.3, -0.25) is 0 Å². The number of hydrogen-bond acceptors (Lipinski definition) is 8. The molecule has 6 nitrogen and oxygen atoms in total. The summed E-state index contributed by atoms with van der Waals surface area (Å²) in [6.07, 6.45) is 5.43. The largest absolute Gasteiger partial charge is 1.00 e. The van der Waals surface area contributed by atoms with Crippen molar-refractivity contribution in [3.63, 3.8) is 0 Å². The Bertz CT molecular complexity index is 697. The van der Waals surface area contributed by atoms with Crippen molar-refractivity contribution in [3.05, 3.63) is 33.7 Å². The van der Waals surface area contributed by atoms with E-state index in [-0.39, 0.29) is 19.0 Å². The van der Waals surface area contributed by atoms with Crippen LogP contribution in [0.5, 0.6) is 0 Å². The number of nitrogen functional groups attached to an aromatic ring is 1. The minimum atomic E-state index is 0. The fourth-order valence-electron chi connectivity index (χ4n) is 2.63. The van der Waals surface area contributed by atoms with E-state index in [2.05, 4.69) is 26.2 Å². The first-order valence-electron chi connectivity index (χ1n) is 8.58. The van der Waals surface area contributed by atoms with Gasteiger partial charge in [0.1, 0.15) is 11.6 Å². The molecule has 0 spiro atoms. The van der Waals surface area contributed by atoms with Crippen LogP contribution >= 0.6 is 33.8 Å². The Labute approximate surface area is 180 Å². The van der Waals surface area contributed by atoms with E-state index in [1.165, 1.54) is 17.7 Å². The predicted molar refractivity (Wildman–Crippen MR) is 111 cm³/mol. The van der Waals surface area contributed by atoms with E-state index in [9.17, 15) is 0 Å². The van der Waals surface area contributed by atoms with Crippen molar-refractivity contribution in [2.75, 3.05) is 24.7 Å². The number of rotatable bonds is 6. The number of nitrogens with zero attached hydrogens (tertiary/aromatic N) is 3. The maximum Gasteiger partial charge on any atom is 0.225 e. The number of aryl methyl sites for hydroxylation is 1. The predicted octanol–water partition coefficient (Wildman–Crippen LogP) is -0.645. The molecule has 0 amide bonds. The topological polar surface area (TPSA) is 85.1 Å². The van der Waals surface area contributed by atoms with Crippen LogP contribution < -0.4 is 22.7 Å². The minimum Gasteiger partial charge on any atom is -1.00 e. The van der Waals surface area contributed by atoms with Gasteiger partial charge >= 0.3 is 0 Å². The zero-order valence-corrected chi connectivity index (χ0v) is 18.9. The molecule has 27 heavy (non-hydrogen) atoms. The summed E-state index contributed by atoms with van der Waals surface area (Å²) in [5, 5.41) is 8.98. The van der Waals surface area contributed by atoms with Crippen LogP contribution in [0, 0.1) is 13.8 Å². The van der Waals surface area contributed by atoms with Gasteiger partial charge in [0.15, 0.2) is 12.2 Å². The molecular weight excluding hydrogens is 424 g/mol. The zero-order valence-electron chi connectivity index (χ0n) is 15.6. The van der Waals surface area contributed by atoms with Crippen LogP contribution in [0.2, 0.25) is 0 Å². The van der Waals surface area contributed by atoms with Gasteiger partial charge < -0.3 is 28.0 Å². The number of aromatic nitrogens is 3. The van der Waals surface area contributed by atoms with Crippen molar-refractivity contribution in [1.82, 2.24) is 9.97 Å². The van der Waals surface area contributed by atoms with Crippen LogP contribution in [0.25, 0.3) is 0 Å². The average Bonchev–Trinajstić information content (AvgIpc) is 3.24. The van der Waals surface area contributed by atoms with Crippen molar-refractivity contribution >= 4 is 39.6 Å². The van der Waals surface area contributed by atoms with Crippen LogP contribution in [0.15, 0.2) is 11.7 Å². The van der Waals surface area contributed by atoms with Crippen molar-refractivity contribution in [3.8, 4) is 0 Å². The molecule has 1 aliphatic heterocycles. The standard InChI is InChI=1S/C12H17N4OS.C5H10OS2.ClH/c1-8-11(3-4-17)18-7-16(8)6-10-5-14-9(2)15-12(10)13;7-8-4-5-2-1-3-6-5;/h5,7,17H,3-4,6H2,1-2H3,(H2,13,14,15);5,7H,1-4H2;1H/q+1;;/p-1. The third kappa shape index (κ3) is 7.75. The number of hydrogen-bond donors (Lipinski definition) is 3. The molecule has 1 unspecified atom stereocenters. The van der Waals surface area contributed by atoms with Crippen LogP contribution in [0.1, 0.15) is 34.8 Å². The molecule has 0 bridgehead atoms. The fraction of sp³-hybridized carbons (Fsp3) is 0.588. The maximum absolute atomic E-state index is 8.98. The van der Waals surface area contributed by atoms with E-state index < -0.39 is 0 Å². The quantitative estimate of drug-likeness (QED) is 0.308. The Morgan fingerprint density at radius 2 is 2.26 bits per heavy atom. The molecule has 1 aliphatic rings. The lowest BCUT2D eigenvalue weighted by Crippen LogP contribution is -3.00. The molecular formula is C17H27ClN4O2S3. The number of aliphatic hydroxyl groups excluding tert-OH is 1. The van der Waals surface area contributed by atoms with Crippen LogP contribution in [-0.4, -0.2) is 40.1 Å². The van der Waals surface area contributed by atoms with E-state index in [1.807, 2.05) is 19.4 Å². The zero-order chi connectivity index (χ0) is 18.9. The Morgan fingerprint density at radius 1 is 1.48 bits per heavy atom. The maximum atomic E-state index is 8.98. The van der Waals surface area contributed by atoms with Crippen molar-refractivity contribution in [2.45, 2.75) is 45.8 Å². The molecule has 1 fully saturated rings. The molecule has 0 radical (unpaired) electrons. The van der Waals surface area contributed by atoms with E-state index in [0.717, 1.165) is 23.6 Å². The summed E-state index contributed by atoms with van der Waals surface area (Å²) in [5.41, 5.74) is 10.0. The SMILES string of the molecule is Cc1ncc(C[n+]2csc(CCO)c2C)c(N)n1.SSCC1CCCO1.[Cl-]. The summed E-state index contributed by atoms with van der Waals surface area (Å²) in [4.78, 5) is 9.53. The van der Waals surface area contributed by atoms with Gasteiger partial charge in [-0.05, 0) is 19.8 Å². The van der Waals surface area contributed by atoms with Crippen molar-refractivity contribution in [2.24, 2.45) is 0 Å². The Balaban J connectivity index is 0.000000342. The molecule has 152 valence electrons. The lowest BCUT2D eigenvalue weighted by Gasteiger charge is -2.03. The van der Waals surface area contributed by atoms with Gasteiger partial charge in [0.25, 0.3) is 0 Å². The van der Waals surface area contributed by atoms with Crippen LogP contribution in [0.4, 0.5) is 5.82 Å². The first-order valence-corrected chi connectivity index (χ1v) is 11.5. The van der Waals surface area contributed by atoms with E-state index >= 15 is 0 Å². The molecule has 2 aromatic rings. The Kier molecular flexibility index (Phi) is 11.6. The van der Waals surface area contributed by atoms with E-state index in [1.54, 1.807) is 28.3 Å². The molecule has 0 aromatic carbocycles. The van der Waals surface area contributed by atoms with Gasteiger partial charge in [0.2, 0.25) is 5.51 Å². The highest BCUT2D eigenvalue weighted by molar-refractivity contribution is 8.68. The summed E-state index contributed by atoms with van der Waals surface area (Å²) in [5.74, 6) is 2.26. The second-order valence-electron chi connectivity index (χ2n) is 6.09. The molecule has 10 heteroatoms. The molecule has 2 aromatic heterocycles. The first-order chi connectivity index (χ1) is 12.5. The normalized spacial score (nSPS) is 15.8. The Hall–Kier alpha value is -0.580. The summed E-state index contributed by atoms with van der Waals surface area (Å²) in [7, 11) is 1.57. The fourth-order valence-corrected chi connectivity index (χ4v) is 4.54. The van der Waals surface area contributed by atoms with Crippen molar-refractivity contribution in [1.29, 1.82) is 0 Å². The lowest BCUT2D eigenvalue weighted by molar-refractivity contribution is -0.689. The number of ether oxygens (including phenoxy) is 1. The summed E-state index contributed by atoms with van der Waals surface area (Å²) < 4.78 is 7.43. The number of halogens is 1. The molecule has 1 saturated heterocycles. The van der Waals surface area contributed by atoms with Gasteiger partial charge in [-0.1, -0.05) is 22.1 Å². The smallest absolute Gasteiger partial charge is 0.225 e. The average molecular weight is 451 g/mol. The summed E-state index contributed by atoms with van der Waals surface area (Å²) in [6, 6.07) is 0. The van der Waals surface area contributed by atoms with Crippen molar-refractivity contribution < 1.29 is 26.8 Å². The van der Waals surface area contributed by atoms with E-state index in [0.29, 0.717) is 30.7 Å². The summed E-state index contributed by atoms with van der Waals surface area (Å²) >= 11 is 5.68. The molecule has 0 aliphatic carbocycles. The Morgan fingerprint density at radius 3 is 2.85 bits per heavy atom. The second kappa shape index (κ2) is 12.8. The van der Waals surface area contributed by atoms with Gasteiger partial charge in [-0.15, -0.1) is 11.7 Å². The third-order valence-electron chi connectivity index (χ3n) is 4.14. The monoisotopic (exact) mass is 450 g/mol. The molecule has 3 N–H and O–H groups in total. The highest BCUT2D eigenvalue weighted by atomic mass is 35.5. The number of nitrogens with two attached hydrogens (primary N) is 1. The third-order valence-corrected chi connectivity index (χ3v) is 6.25. The highest BCUT2D eigenvalue weighted by Gasteiger charge is 2.17.